The molecule has 12 heteroatoms. The summed E-state index contributed by atoms with van der Waals surface area (Å²) in [7, 11) is 4.06. The molecule has 0 saturated heterocycles. The highest BCUT2D eigenvalue weighted by molar-refractivity contribution is 6.36. The average Bonchev–Trinajstić information content (AvgIpc) is 3.14. The van der Waals surface area contributed by atoms with Crippen LogP contribution in [0.3, 0.4) is 0 Å². The Kier molecular flexibility index (Phi) is 10.4. The molecule has 0 spiro atoms. The lowest BCUT2D eigenvalue weighted by molar-refractivity contribution is -0.135. The van der Waals surface area contributed by atoms with E-state index < -0.39 is 11.9 Å². The quantitative estimate of drug-likeness (QED) is 0.200. The Morgan fingerprint density at radius 1 is 0.973 bits per heavy atom. The average molecular weight is 534 g/mol. The maximum absolute atomic E-state index is 12.6. The van der Waals surface area contributed by atoms with Gasteiger partial charge in [0.2, 0.25) is 0 Å². The molecule has 2 aromatic carbocycles. The summed E-state index contributed by atoms with van der Waals surface area (Å²) in [5.41, 5.74) is 3.64. The van der Waals surface area contributed by atoms with Crippen LogP contribution in [0.1, 0.15) is 50.8 Å². The molecule has 0 aromatic heterocycles. The van der Waals surface area contributed by atoms with Crippen LogP contribution in [0, 0.1) is 0 Å². The molecule has 2 amide bonds. The van der Waals surface area contributed by atoms with Crippen LogP contribution >= 0.6 is 12.4 Å². The first kappa shape index (κ1) is 29.1. The lowest BCUT2D eigenvalue weighted by atomic mass is 10.1. The van der Waals surface area contributed by atoms with Gasteiger partial charge in [0, 0.05) is 13.0 Å². The maximum Gasteiger partial charge on any atom is 0.354 e. The minimum Gasteiger partial charge on any atom is -0.493 e. The van der Waals surface area contributed by atoms with Crippen molar-refractivity contribution in [1.29, 1.82) is 0 Å². The van der Waals surface area contributed by atoms with E-state index in [0.717, 1.165) is 4.90 Å². The first-order valence-electron chi connectivity index (χ1n) is 11.2. The number of benzene rings is 2. The summed E-state index contributed by atoms with van der Waals surface area (Å²) in [6, 6.07) is 9.60. The van der Waals surface area contributed by atoms with Gasteiger partial charge in [-0.3, -0.25) is 19.9 Å². The van der Waals surface area contributed by atoms with Gasteiger partial charge in [-0.1, -0.05) is 12.1 Å². The fourth-order valence-electron chi connectivity index (χ4n) is 3.71. The van der Waals surface area contributed by atoms with Gasteiger partial charge in [-0.05, 0) is 37.6 Å². The molecule has 3 rings (SSSR count). The molecule has 1 aliphatic rings. The maximum atomic E-state index is 12.6. The molecule has 0 bridgehead atoms. The summed E-state index contributed by atoms with van der Waals surface area (Å²) >= 11 is 0. The van der Waals surface area contributed by atoms with Gasteiger partial charge in [0.1, 0.15) is 11.4 Å². The Morgan fingerprint density at radius 3 is 2.16 bits per heavy atom. The third kappa shape index (κ3) is 6.18. The molecule has 0 atom stereocenters. The summed E-state index contributed by atoms with van der Waals surface area (Å²) < 4.78 is 20.6. The van der Waals surface area contributed by atoms with Crippen LogP contribution in [0.5, 0.6) is 11.5 Å². The lowest BCUT2D eigenvalue weighted by Crippen LogP contribution is -2.31. The first-order chi connectivity index (χ1) is 17.4. The number of ether oxygens (including phenoxy) is 4. The predicted octanol–water partition coefficient (Wildman–Crippen LogP) is 3.32. The van der Waals surface area contributed by atoms with E-state index in [1.807, 2.05) is 0 Å². The summed E-state index contributed by atoms with van der Waals surface area (Å²) in [6.07, 6.45) is 0.336. The van der Waals surface area contributed by atoms with Gasteiger partial charge in [0.25, 0.3) is 11.8 Å². The number of nitrogens with one attached hydrogen (secondary N) is 1. The fraction of sp³-hybridized carbons (Fsp3) is 0.320. The monoisotopic (exact) mass is 533 g/mol. The second-order valence-corrected chi connectivity index (χ2v) is 7.52. The third-order valence-corrected chi connectivity index (χ3v) is 5.44. The number of amides is 2. The van der Waals surface area contributed by atoms with Gasteiger partial charge < -0.3 is 18.9 Å². The third-order valence-electron chi connectivity index (χ3n) is 5.44. The lowest BCUT2D eigenvalue weighted by Gasteiger charge is -2.16. The Hall–Kier alpha value is -4.12. The molecule has 1 heterocycles. The summed E-state index contributed by atoms with van der Waals surface area (Å²) in [4.78, 5) is 51.2. The standard InChI is InChI=1S/C25H27N3O8.ClH/c1-5-36-25(32)18(11-8-14-28-22(29)15-9-6-7-10-16(15)23(28)30)26-27-20-17(24(31)35-4)12-13-19(33-2)21(20)34-3;/h6-7,9-10,12-13,27H,5,8,11,14H2,1-4H3;1H/b26-18+;. The van der Waals surface area contributed by atoms with Gasteiger partial charge in [-0.15, -0.1) is 12.4 Å². The zero-order valence-corrected chi connectivity index (χ0v) is 21.7. The molecule has 198 valence electrons. The van der Waals surface area contributed by atoms with Crippen LogP contribution in [0.15, 0.2) is 41.5 Å². The van der Waals surface area contributed by atoms with Gasteiger partial charge >= 0.3 is 11.9 Å². The minimum absolute atomic E-state index is 0. The predicted molar refractivity (Wildman–Crippen MR) is 137 cm³/mol. The number of esters is 2. The Labute approximate surface area is 220 Å². The first-order valence-corrected chi connectivity index (χ1v) is 11.2. The van der Waals surface area contributed by atoms with Crippen LogP contribution < -0.4 is 14.9 Å². The normalized spacial score (nSPS) is 12.4. The van der Waals surface area contributed by atoms with Crippen LogP contribution in [0.25, 0.3) is 0 Å². The molecule has 0 aliphatic carbocycles. The number of carbonyl (C=O) groups is 4. The van der Waals surface area contributed by atoms with Crippen molar-refractivity contribution in [2.75, 3.05) is 39.9 Å². The van der Waals surface area contributed by atoms with Crippen molar-refractivity contribution in [2.24, 2.45) is 5.10 Å². The summed E-state index contributed by atoms with van der Waals surface area (Å²) in [5, 5.41) is 4.18. The zero-order valence-electron chi connectivity index (χ0n) is 20.9. The van der Waals surface area contributed by atoms with E-state index >= 15 is 0 Å². The Balaban J connectivity index is 0.00000481. The van der Waals surface area contributed by atoms with E-state index in [9.17, 15) is 19.2 Å². The number of hydrogen-bond acceptors (Lipinski definition) is 10. The van der Waals surface area contributed by atoms with Crippen molar-refractivity contribution in [3.05, 3.63) is 53.1 Å². The number of halogens is 1. The number of methoxy groups -OCH3 is 3. The van der Waals surface area contributed by atoms with Crippen molar-refractivity contribution in [2.45, 2.75) is 19.8 Å². The van der Waals surface area contributed by atoms with E-state index in [1.54, 1.807) is 31.2 Å². The van der Waals surface area contributed by atoms with Crippen molar-refractivity contribution >= 4 is 47.6 Å². The van der Waals surface area contributed by atoms with Crippen LogP contribution in [0.2, 0.25) is 0 Å². The molecular weight excluding hydrogens is 506 g/mol. The molecule has 0 unspecified atom stereocenters. The number of hydrogen-bond donors (Lipinski definition) is 1. The topological polar surface area (TPSA) is 133 Å². The Bertz CT molecular complexity index is 1180. The van der Waals surface area contributed by atoms with Gasteiger partial charge in [0.15, 0.2) is 11.5 Å². The fourth-order valence-corrected chi connectivity index (χ4v) is 3.71. The van der Waals surface area contributed by atoms with Crippen LogP contribution in [-0.2, 0) is 14.3 Å². The summed E-state index contributed by atoms with van der Waals surface area (Å²) in [6.45, 7) is 1.86. The highest BCUT2D eigenvalue weighted by Gasteiger charge is 2.34. The van der Waals surface area contributed by atoms with E-state index in [2.05, 4.69) is 10.5 Å². The molecule has 0 fully saturated rings. The van der Waals surface area contributed by atoms with Gasteiger partial charge in [-0.25, -0.2) is 9.59 Å². The largest absolute Gasteiger partial charge is 0.493 e. The second-order valence-electron chi connectivity index (χ2n) is 7.52. The second kappa shape index (κ2) is 13.3. The zero-order chi connectivity index (χ0) is 26.2. The van der Waals surface area contributed by atoms with E-state index in [0.29, 0.717) is 16.9 Å². The highest BCUT2D eigenvalue weighted by atomic mass is 35.5. The van der Waals surface area contributed by atoms with E-state index in [-0.39, 0.29) is 72.9 Å². The number of hydrazone groups is 1. The minimum atomic E-state index is -0.686. The van der Waals surface area contributed by atoms with Crippen molar-refractivity contribution in [1.82, 2.24) is 4.90 Å². The Morgan fingerprint density at radius 2 is 1.62 bits per heavy atom. The molecule has 1 N–H and O–H groups in total. The van der Waals surface area contributed by atoms with Gasteiger partial charge in [0.05, 0.1) is 44.6 Å². The van der Waals surface area contributed by atoms with Crippen molar-refractivity contribution < 1.29 is 38.1 Å². The molecular formula is C25H28ClN3O8. The smallest absolute Gasteiger partial charge is 0.354 e. The van der Waals surface area contributed by atoms with Crippen molar-refractivity contribution in [3.63, 3.8) is 0 Å². The van der Waals surface area contributed by atoms with Crippen LogP contribution in [-0.4, -0.2) is 68.8 Å². The number of nitrogens with zero attached hydrogens (tertiary/aromatic N) is 2. The molecule has 1 aliphatic heterocycles. The molecule has 11 nitrogen and oxygen atoms in total. The van der Waals surface area contributed by atoms with Gasteiger partial charge in [-0.2, -0.15) is 5.10 Å². The number of fused-ring (bicyclic) bond motifs is 1. The number of carbonyl (C=O) groups excluding carboxylic acids is 4. The number of anilines is 1. The molecule has 0 radical (unpaired) electrons. The van der Waals surface area contributed by atoms with Crippen LogP contribution in [0.4, 0.5) is 5.69 Å². The molecule has 37 heavy (non-hydrogen) atoms. The molecule has 0 saturated carbocycles. The highest BCUT2D eigenvalue weighted by Crippen LogP contribution is 2.38. The molecule has 2 aromatic rings. The van der Waals surface area contributed by atoms with Crippen molar-refractivity contribution in [3.8, 4) is 11.5 Å². The SMILES string of the molecule is CCOC(=O)/C(CCCN1C(=O)c2ccccc2C1=O)=N/Nc1c(C(=O)OC)ccc(OC)c1OC.Cl. The van der Waals surface area contributed by atoms with E-state index in [1.165, 1.54) is 33.5 Å². The summed E-state index contributed by atoms with van der Waals surface area (Å²) in [5.74, 6) is -1.60. The van der Waals surface area contributed by atoms with E-state index in [4.69, 9.17) is 18.9 Å². The number of rotatable bonds is 11. The number of imide groups is 1.